The molecule has 2 fully saturated rings. The molecule has 1 saturated heterocycles. The van der Waals surface area contributed by atoms with Crippen LogP contribution in [0.25, 0.3) is 11.2 Å². The van der Waals surface area contributed by atoms with Crippen LogP contribution < -0.4 is 20.1 Å². The SMILES string of the molecule is C#C[C@]1(F)[C@H](n2cnc3c(OCC)nc(N)nc32)O[C@](F)(COP(=O)(NC(C)C(=O)OC2CCCCC2)Oc2ccccc2)[C@H]1O. The van der Waals surface area contributed by atoms with Gasteiger partial charge in [0.2, 0.25) is 17.5 Å². The zero-order valence-electron chi connectivity index (χ0n) is 25.2. The molecule has 46 heavy (non-hydrogen) atoms. The molecule has 2 aromatic heterocycles. The summed E-state index contributed by atoms with van der Waals surface area (Å²) >= 11 is 0. The summed E-state index contributed by atoms with van der Waals surface area (Å²) in [5, 5.41) is 13.4. The Kier molecular flexibility index (Phi) is 9.81. The van der Waals surface area contributed by atoms with Crippen molar-refractivity contribution in [2.75, 3.05) is 18.9 Å². The molecule has 1 aromatic carbocycles. The maximum absolute atomic E-state index is 16.4. The minimum Gasteiger partial charge on any atom is -0.476 e. The number of carbonyl (C=O) groups excluding carboxylic acids is 1. The summed E-state index contributed by atoms with van der Waals surface area (Å²) in [6.45, 7) is 1.90. The number of nitrogens with zero attached hydrogens (tertiary/aromatic N) is 4. The van der Waals surface area contributed by atoms with Crippen LogP contribution in [0, 0.1) is 12.3 Å². The van der Waals surface area contributed by atoms with Crippen molar-refractivity contribution >= 4 is 30.8 Å². The summed E-state index contributed by atoms with van der Waals surface area (Å²) in [5.41, 5.74) is 2.49. The maximum atomic E-state index is 16.4. The number of nitrogens with two attached hydrogens (primary N) is 1. The van der Waals surface area contributed by atoms with Gasteiger partial charge in [0.05, 0.1) is 12.9 Å². The fourth-order valence-corrected chi connectivity index (χ4v) is 6.75. The summed E-state index contributed by atoms with van der Waals surface area (Å²) in [6.07, 6.45) is 5.76. The second-order valence-electron chi connectivity index (χ2n) is 10.9. The van der Waals surface area contributed by atoms with Gasteiger partial charge in [0.15, 0.2) is 23.5 Å². The van der Waals surface area contributed by atoms with Crippen LogP contribution in [-0.2, 0) is 23.4 Å². The second-order valence-corrected chi connectivity index (χ2v) is 12.6. The van der Waals surface area contributed by atoms with Crippen LogP contribution in [0.5, 0.6) is 11.6 Å². The number of nitrogen functional groups attached to an aromatic ring is 1. The standard InChI is InChI=1S/C29H35F2N6O8P/c1-4-28(30)25(39)29(31,44-26(28)37-17-33-21-22(37)34-27(32)35-23(21)41-5-2)16-42-46(40,45-20-14-10-7-11-15-20)36-18(3)24(38)43-19-12-8-6-9-13-19/h1,7,10-11,14-15,17-19,25-26,39H,5-6,8-9,12-13,16H2,2-3H3,(H,36,40)(H2,32,34,35)/t18?,25-,26+,28+,29+,46?/m0/s1. The lowest BCUT2D eigenvalue weighted by Crippen LogP contribution is -2.48. The largest absolute Gasteiger partial charge is 0.476 e. The van der Waals surface area contributed by atoms with Gasteiger partial charge in [-0.05, 0) is 51.7 Å². The lowest BCUT2D eigenvalue weighted by molar-refractivity contribution is -0.202. The van der Waals surface area contributed by atoms with Gasteiger partial charge in [0.25, 0.3) is 5.85 Å². The number of aliphatic hydroxyl groups excluding tert-OH is 1. The molecule has 3 aromatic rings. The third-order valence-electron chi connectivity index (χ3n) is 7.58. The number of hydrogen-bond acceptors (Lipinski definition) is 12. The van der Waals surface area contributed by atoms with Crippen LogP contribution in [0.1, 0.15) is 52.2 Å². The molecule has 0 spiro atoms. The Morgan fingerprint density at radius 2 is 2.00 bits per heavy atom. The molecule has 0 bridgehead atoms. The van der Waals surface area contributed by atoms with E-state index < -0.39 is 50.2 Å². The van der Waals surface area contributed by atoms with Crippen molar-refractivity contribution < 1.29 is 46.5 Å². The van der Waals surface area contributed by atoms with E-state index in [1.807, 2.05) is 0 Å². The monoisotopic (exact) mass is 664 g/mol. The normalized spacial score (nSPS) is 27.0. The highest BCUT2D eigenvalue weighted by Gasteiger charge is 2.67. The Morgan fingerprint density at radius 1 is 1.28 bits per heavy atom. The molecule has 3 heterocycles. The minimum absolute atomic E-state index is 0.0245. The Bertz CT molecular complexity index is 1640. The van der Waals surface area contributed by atoms with Crippen molar-refractivity contribution in [3.8, 4) is 24.0 Å². The topological polar surface area (TPSA) is 182 Å². The molecule has 14 nitrogen and oxygen atoms in total. The van der Waals surface area contributed by atoms with Crippen LogP contribution in [0.15, 0.2) is 36.7 Å². The number of terminal acetylenes is 1. The van der Waals surface area contributed by atoms with Gasteiger partial charge in [-0.1, -0.05) is 30.5 Å². The Balaban J connectivity index is 1.39. The number of carbonyl (C=O) groups is 1. The number of aromatic nitrogens is 4. The van der Waals surface area contributed by atoms with E-state index in [9.17, 15) is 14.5 Å². The Labute approximate surface area is 263 Å². The number of aliphatic hydroxyl groups is 1. The summed E-state index contributed by atoms with van der Waals surface area (Å²) in [6, 6.07) is 6.50. The number of rotatable bonds is 12. The van der Waals surface area contributed by atoms with Crippen LogP contribution in [0.3, 0.4) is 0 Å². The first kappa shape index (κ1) is 33.5. The molecule has 4 N–H and O–H groups in total. The fourth-order valence-electron chi connectivity index (χ4n) is 5.24. The van der Waals surface area contributed by atoms with Crippen molar-refractivity contribution in [1.82, 2.24) is 24.6 Å². The number of hydrogen-bond donors (Lipinski definition) is 3. The number of anilines is 1. The first-order valence-corrected chi connectivity index (χ1v) is 16.3. The van der Waals surface area contributed by atoms with E-state index in [1.54, 1.807) is 31.0 Å². The average Bonchev–Trinajstić information content (AvgIpc) is 3.54. The Hall–Kier alpha value is -3.87. The van der Waals surface area contributed by atoms with Crippen molar-refractivity contribution in [2.45, 2.75) is 82.0 Å². The Morgan fingerprint density at radius 3 is 2.67 bits per heavy atom. The number of nitrogens with one attached hydrogen (secondary N) is 1. The van der Waals surface area contributed by atoms with Gasteiger partial charge in [-0.3, -0.25) is 13.9 Å². The lowest BCUT2D eigenvalue weighted by Gasteiger charge is -2.28. The van der Waals surface area contributed by atoms with Crippen LogP contribution in [0.2, 0.25) is 0 Å². The van der Waals surface area contributed by atoms with Crippen molar-refractivity contribution in [2.24, 2.45) is 0 Å². The fraction of sp³-hybridized carbons (Fsp3) is 0.517. The van der Waals surface area contributed by atoms with Gasteiger partial charge in [-0.2, -0.15) is 15.1 Å². The van der Waals surface area contributed by atoms with Crippen molar-refractivity contribution in [3.05, 3.63) is 36.7 Å². The van der Waals surface area contributed by atoms with Crippen LogP contribution in [0.4, 0.5) is 14.7 Å². The molecule has 17 heteroatoms. The zero-order valence-corrected chi connectivity index (χ0v) is 26.1. The molecular formula is C29H35F2N6O8P. The third kappa shape index (κ3) is 6.79. The first-order chi connectivity index (χ1) is 21.9. The summed E-state index contributed by atoms with van der Waals surface area (Å²) in [4.78, 5) is 24.9. The van der Waals surface area contributed by atoms with Gasteiger partial charge in [0.1, 0.15) is 24.5 Å². The number of benzene rings is 1. The zero-order chi connectivity index (χ0) is 33.1. The van der Waals surface area contributed by atoms with Gasteiger partial charge >= 0.3 is 13.7 Å². The second kappa shape index (κ2) is 13.5. The van der Waals surface area contributed by atoms with Gasteiger partial charge in [-0.25, -0.2) is 18.3 Å². The summed E-state index contributed by atoms with van der Waals surface area (Å²) in [7, 11) is -4.65. The molecule has 1 saturated carbocycles. The van der Waals surface area contributed by atoms with Crippen LogP contribution in [-0.4, -0.2) is 73.6 Å². The highest BCUT2D eigenvalue weighted by molar-refractivity contribution is 7.52. The number of halogens is 2. The summed E-state index contributed by atoms with van der Waals surface area (Å²) in [5.74, 6) is -2.62. The lowest BCUT2D eigenvalue weighted by atomic mass is 9.96. The van der Waals surface area contributed by atoms with Gasteiger partial charge < -0.3 is 29.6 Å². The molecule has 2 unspecified atom stereocenters. The number of ether oxygens (including phenoxy) is 3. The molecular weight excluding hydrogens is 629 g/mol. The van der Waals surface area contributed by atoms with E-state index in [0.29, 0.717) is 12.8 Å². The van der Waals surface area contributed by atoms with Gasteiger partial charge in [0, 0.05) is 0 Å². The highest BCUT2D eigenvalue weighted by atomic mass is 31.2. The van der Waals surface area contributed by atoms with E-state index >= 15 is 8.78 Å². The van der Waals surface area contributed by atoms with Crippen molar-refractivity contribution in [1.29, 1.82) is 0 Å². The highest BCUT2D eigenvalue weighted by Crippen LogP contribution is 2.52. The molecule has 0 amide bonds. The van der Waals surface area contributed by atoms with Crippen LogP contribution >= 0.6 is 7.75 Å². The maximum Gasteiger partial charge on any atom is 0.459 e. The number of alkyl halides is 2. The van der Waals surface area contributed by atoms with E-state index in [0.717, 1.165) is 30.2 Å². The molecule has 1 aliphatic heterocycles. The smallest absolute Gasteiger partial charge is 0.459 e. The first-order valence-electron chi connectivity index (χ1n) is 14.7. The molecule has 1 aliphatic carbocycles. The molecule has 2 aliphatic rings. The third-order valence-corrected chi connectivity index (χ3v) is 9.20. The van der Waals surface area contributed by atoms with E-state index in [-0.39, 0.29) is 41.5 Å². The minimum atomic E-state index is -4.65. The molecule has 248 valence electrons. The molecule has 0 radical (unpaired) electrons. The number of para-hydroxylation sites is 1. The molecule has 6 atom stereocenters. The summed E-state index contributed by atoms with van der Waals surface area (Å²) < 4.78 is 75.0. The number of fused-ring (bicyclic) bond motifs is 1. The van der Waals surface area contributed by atoms with Gasteiger partial charge in [-0.15, -0.1) is 6.42 Å². The average molecular weight is 665 g/mol. The van der Waals surface area contributed by atoms with E-state index in [1.165, 1.54) is 19.1 Å². The predicted octanol–water partition coefficient (Wildman–Crippen LogP) is 3.76. The van der Waals surface area contributed by atoms with E-state index in [2.05, 4.69) is 20.0 Å². The predicted molar refractivity (Wildman–Crippen MR) is 160 cm³/mol. The quantitative estimate of drug-likeness (QED) is 0.145. The number of imidazole rings is 1. The van der Waals surface area contributed by atoms with Crippen molar-refractivity contribution in [3.63, 3.8) is 0 Å². The molecule has 5 rings (SSSR count). The van der Waals surface area contributed by atoms with E-state index in [4.69, 9.17) is 35.4 Å². The number of esters is 1.